The molecule has 0 aromatic heterocycles. The van der Waals surface area contributed by atoms with Gasteiger partial charge >= 0.3 is 5.97 Å². The van der Waals surface area contributed by atoms with Gasteiger partial charge in [0.15, 0.2) is 0 Å². The normalized spacial score (nSPS) is 17.2. The number of benzene rings is 2. The highest BCUT2D eigenvalue weighted by Gasteiger charge is 2.40. The molecule has 1 amide bonds. The predicted molar refractivity (Wildman–Crippen MR) is 135 cm³/mol. The van der Waals surface area contributed by atoms with Crippen molar-refractivity contribution in [2.24, 2.45) is 0 Å². The predicted octanol–water partition coefficient (Wildman–Crippen LogP) is 1.93. The van der Waals surface area contributed by atoms with E-state index in [2.05, 4.69) is 16.6 Å². The summed E-state index contributed by atoms with van der Waals surface area (Å²) in [5.41, 5.74) is 1.85. The highest BCUT2D eigenvalue weighted by Crippen LogP contribution is 2.26. The van der Waals surface area contributed by atoms with Crippen LogP contribution in [0, 0.1) is 6.92 Å². The molecule has 2 aromatic rings. The molecule has 2 aromatic carbocycles. The van der Waals surface area contributed by atoms with Crippen LogP contribution in [0.2, 0.25) is 0 Å². The molecule has 194 valence electrons. The summed E-state index contributed by atoms with van der Waals surface area (Å²) in [5, 5.41) is 3.43. The van der Waals surface area contributed by atoms with Gasteiger partial charge in [0.1, 0.15) is 12.1 Å². The number of amides is 1. The minimum atomic E-state index is -3.90. The minimum absolute atomic E-state index is 0.0599. The summed E-state index contributed by atoms with van der Waals surface area (Å²) in [6, 6.07) is 10.6. The molecule has 12 heteroatoms. The van der Waals surface area contributed by atoms with E-state index >= 15 is 0 Å². The number of methoxy groups -OCH3 is 1. The number of nitrogens with zero attached hydrogens (tertiary/aromatic N) is 1. The number of aryl methyl sites for hydroxylation is 1. The Morgan fingerprint density at radius 2 is 1.75 bits per heavy atom. The maximum Gasteiger partial charge on any atom is 0.328 e. The van der Waals surface area contributed by atoms with E-state index < -0.39 is 44.0 Å². The van der Waals surface area contributed by atoms with Crippen molar-refractivity contribution in [3.8, 4) is 0 Å². The van der Waals surface area contributed by atoms with Crippen LogP contribution >= 0.6 is 0 Å². The van der Waals surface area contributed by atoms with Crippen molar-refractivity contribution in [3.05, 3.63) is 71.6 Å². The van der Waals surface area contributed by atoms with Gasteiger partial charge < -0.3 is 10.1 Å². The molecule has 3 rings (SSSR count). The molecule has 0 radical (unpaired) electrons. The van der Waals surface area contributed by atoms with E-state index in [1.807, 2.05) is 6.92 Å². The average molecular weight is 536 g/mol. The molecule has 36 heavy (non-hydrogen) atoms. The van der Waals surface area contributed by atoms with Gasteiger partial charge in [-0.2, -0.15) is 4.31 Å². The number of esters is 1. The molecule has 0 saturated carbocycles. The van der Waals surface area contributed by atoms with Gasteiger partial charge in [0.25, 0.3) is 10.0 Å². The fourth-order valence-corrected chi connectivity index (χ4v) is 6.09. The zero-order valence-corrected chi connectivity index (χ0v) is 21.6. The number of carbonyl (C=O) groups excluding carboxylic acids is 2. The lowest BCUT2D eigenvalue weighted by atomic mass is 10.0. The van der Waals surface area contributed by atoms with Crippen LogP contribution in [-0.2, 0) is 40.8 Å². The lowest BCUT2D eigenvalue weighted by Gasteiger charge is -2.25. The van der Waals surface area contributed by atoms with Crippen LogP contribution < -0.4 is 10.0 Å². The van der Waals surface area contributed by atoms with Gasteiger partial charge in [-0.1, -0.05) is 36.4 Å². The zero-order valence-electron chi connectivity index (χ0n) is 20.0. The summed E-state index contributed by atoms with van der Waals surface area (Å²) >= 11 is 0. The summed E-state index contributed by atoms with van der Waals surface area (Å²) in [7, 11) is -6.37. The first-order chi connectivity index (χ1) is 17.0. The molecule has 0 bridgehead atoms. The monoisotopic (exact) mass is 535 g/mol. The molecule has 1 aliphatic rings. The Balaban J connectivity index is 1.75. The van der Waals surface area contributed by atoms with Crippen molar-refractivity contribution in [3.63, 3.8) is 0 Å². The first-order valence-electron chi connectivity index (χ1n) is 11.2. The third-order valence-corrected chi connectivity index (χ3v) is 8.69. The second-order valence-electron chi connectivity index (χ2n) is 8.39. The second kappa shape index (κ2) is 11.2. The van der Waals surface area contributed by atoms with Crippen LogP contribution in [0.15, 0.2) is 65.4 Å². The molecule has 1 heterocycles. The van der Waals surface area contributed by atoms with Crippen molar-refractivity contribution in [2.45, 2.75) is 43.2 Å². The Labute approximate surface area is 211 Å². The number of anilines is 1. The van der Waals surface area contributed by atoms with Crippen molar-refractivity contribution >= 4 is 37.6 Å². The Hall–Kier alpha value is -3.22. The second-order valence-corrected chi connectivity index (χ2v) is 11.9. The van der Waals surface area contributed by atoms with Gasteiger partial charge in [0.2, 0.25) is 15.9 Å². The van der Waals surface area contributed by atoms with Crippen LogP contribution in [-0.4, -0.2) is 58.8 Å². The SMILES string of the molecule is C=CS(=O)(=O)Nc1ccc(C[C@H](NC(=O)[C@@H]2CCCN2S(=O)(=O)c2ccc(C)cc2)C(=O)OC)cc1. The smallest absolute Gasteiger partial charge is 0.328 e. The Kier molecular flexibility index (Phi) is 8.54. The summed E-state index contributed by atoms with van der Waals surface area (Å²) in [4.78, 5) is 25.7. The maximum atomic E-state index is 13.2. The molecular weight excluding hydrogens is 506 g/mol. The van der Waals surface area contributed by atoms with E-state index in [9.17, 15) is 26.4 Å². The molecule has 0 spiro atoms. The number of rotatable bonds is 10. The summed E-state index contributed by atoms with van der Waals surface area (Å²) in [6.07, 6.45) is 0.890. The Bertz CT molecular complexity index is 1320. The van der Waals surface area contributed by atoms with Crippen molar-refractivity contribution < 1.29 is 31.2 Å². The molecule has 10 nitrogen and oxygen atoms in total. The van der Waals surface area contributed by atoms with E-state index in [0.29, 0.717) is 24.1 Å². The number of carbonyl (C=O) groups is 2. The first-order valence-corrected chi connectivity index (χ1v) is 14.2. The standard InChI is InChI=1S/C24H29N3O7S2/c1-4-35(30,31)26-19-11-9-18(10-12-19)16-21(24(29)34-3)25-23(28)22-6-5-15-27(22)36(32,33)20-13-7-17(2)8-14-20/h4,7-14,21-22,26H,1,5-6,15-16H2,2-3H3,(H,25,28)/t21-,22-/m0/s1. The maximum absolute atomic E-state index is 13.2. The number of ether oxygens (including phenoxy) is 1. The first kappa shape index (κ1) is 27.4. The number of nitrogens with one attached hydrogen (secondary N) is 2. The van der Waals surface area contributed by atoms with Gasteiger partial charge in [-0.3, -0.25) is 9.52 Å². The molecule has 0 aliphatic carbocycles. The van der Waals surface area contributed by atoms with Gasteiger partial charge in [-0.15, -0.1) is 0 Å². The minimum Gasteiger partial charge on any atom is -0.467 e. The fourth-order valence-electron chi connectivity index (χ4n) is 3.89. The summed E-state index contributed by atoms with van der Waals surface area (Å²) in [5.74, 6) is -1.28. The topological polar surface area (TPSA) is 139 Å². The molecule has 1 saturated heterocycles. The van der Waals surface area contributed by atoms with Gasteiger partial charge in [-0.05, 0) is 49.6 Å². The zero-order chi connectivity index (χ0) is 26.5. The Morgan fingerprint density at radius 1 is 1.11 bits per heavy atom. The fraction of sp³-hybridized carbons (Fsp3) is 0.333. The third kappa shape index (κ3) is 6.50. The van der Waals surface area contributed by atoms with Crippen LogP contribution in [0.1, 0.15) is 24.0 Å². The van der Waals surface area contributed by atoms with Crippen LogP contribution in [0.3, 0.4) is 0 Å². The van der Waals surface area contributed by atoms with Gasteiger partial charge in [0.05, 0.1) is 12.0 Å². The van der Waals surface area contributed by atoms with E-state index in [1.165, 1.54) is 35.7 Å². The Morgan fingerprint density at radius 3 is 2.33 bits per heavy atom. The van der Waals surface area contributed by atoms with Crippen molar-refractivity contribution in [1.82, 2.24) is 9.62 Å². The van der Waals surface area contributed by atoms with Crippen LogP contribution in [0.25, 0.3) is 0 Å². The van der Waals surface area contributed by atoms with Crippen LogP contribution in [0.4, 0.5) is 5.69 Å². The lowest BCUT2D eigenvalue weighted by Crippen LogP contribution is -2.51. The highest BCUT2D eigenvalue weighted by molar-refractivity contribution is 7.95. The molecule has 2 N–H and O–H groups in total. The van der Waals surface area contributed by atoms with Crippen LogP contribution in [0.5, 0.6) is 0 Å². The van der Waals surface area contributed by atoms with E-state index in [4.69, 9.17) is 4.74 Å². The summed E-state index contributed by atoms with van der Waals surface area (Å²) in [6.45, 7) is 5.28. The lowest BCUT2D eigenvalue weighted by molar-refractivity contribution is -0.145. The van der Waals surface area contributed by atoms with E-state index in [1.54, 1.807) is 24.3 Å². The van der Waals surface area contributed by atoms with Gasteiger partial charge in [-0.25, -0.2) is 21.6 Å². The largest absolute Gasteiger partial charge is 0.467 e. The van der Waals surface area contributed by atoms with Crippen molar-refractivity contribution in [2.75, 3.05) is 18.4 Å². The number of hydrogen-bond donors (Lipinski definition) is 2. The van der Waals surface area contributed by atoms with Gasteiger partial charge in [0, 0.05) is 24.1 Å². The highest BCUT2D eigenvalue weighted by atomic mass is 32.2. The quantitative estimate of drug-likeness (QED) is 0.443. The van der Waals surface area contributed by atoms with Crippen molar-refractivity contribution in [1.29, 1.82) is 0 Å². The molecule has 2 atom stereocenters. The molecule has 1 aliphatic heterocycles. The van der Waals surface area contributed by atoms with E-state index in [-0.39, 0.29) is 17.9 Å². The molecule has 1 fully saturated rings. The van der Waals surface area contributed by atoms with E-state index in [0.717, 1.165) is 11.0 Å². The number of hydrogen-bond acceptors (Lipinski definition) is 7. The number of sulfonamides is 2. The molecular formula is C24H29N3O7S2. The summed E-state index contributed by atoms with van der Waals surface area (Å²) < 4.78 is 57.9. The molecule has 0 unspecified atom stereocenters. The third-order valence-electron chi connectivity index (χ3n) is 5.81. The average Bonchev–Trinajstić information content (AvgIpc) is 3.35.